The van der Waals surface area contributed by atoms with E-state index in [0.29, 0.717) is 12.8 Å². The number of esters is 2. The van der Waals surface area contributed by atoms with Crippen LogP contribution >= 0.6 is 0 Å². The Hall–Kier alpha value is -1.84. The highest BCUT2D eigenvalue weighted by atomic mass is 16.5. The van der Waals surface area contributed by atoms with Crippen LogP contribution in [0, 0.1) is 0 Å². The SMILES string of the molecule is [2H]c1cccc(C(=O)OCCC)c1C(=O)OCCC. The number of benzene rings is 1. The first-order chi connectivity index (χ1) is 9.11. The molecular formula is C14H18O4. The highest BCUT2D eigenvalue weighted by molar-refractivity contribution is 6.03. The van der Waals surface area contributed by atoms with E-state index in [1.807, 2.05) is 13.8 Å². The minimum atomic E-state index is -0.657. The smallest absolute Gasteiger partial charge is 0.339 e. The predicted octanol–water partition coefficient (Wildman–Crippen LogP) is 2.82. The second kappa shape index (κ2) is 7.48. The molecule has 18 heavy (non-hydrogen) atoms. The van der Waals surface area contributed by atoms with Crippen molar-refractivity contribution in [2.75, 3.05) is 13.2 Å². The van der Waals surface area contributed by atoms with Gasteiger partial charge in [0.2, 0.25) is 0 Å². The molecule has 0 aliphatic rings. The van der Waals surface area contributed by atoms with Crippen molar-refractivity contribution in [3.8, 4) is 0 Å². The van der Waals surface area contributed by atoms with Gasteiger partial charge in [-0.25, -0.2) is 9.59 Å². The Morgan fingerprint density at radius 1 is 1.06 bits per heavy atom. The Bertz CT molecular complexity index is 457. The molecule has 0 spiro atoms. The van der Waals surface area contributed by atoms with E-state index in [-0.39, 0.29) is 30.4 Å². The third-order valence-electron chi connectivity index (χ3n) is 2.15. The summed E-state index contributed by atoms with van der Waals surface area (Å²) in [5.74, 6) is -1.25. The molecule has 0 N–H and O–H groups in total. The average molecular weight is 251 g/mol. The summed E-state index contributed by atoms with van der Waals surface area (Å²) in [6, 6.07) is 4.42. The lowest BCUT2D eigenvalue weighted by Gasteiger charge is -2.08. The molecule has 0 radical (unpaired) electrons. The van der Waals surface area contributed by atoms with Crippen LogP contribution in [0.1, 0.15) is 48.8 Å². The molecule has 0 aliphatic heterocycles. The van der Waals surface area contributed by atoms with Crippen molar-refractivity contribution in [3.05, 3.63) is 35.4 Å². The van der Waals surface area contributed by atoms with Gasteiger partial charge in [-0.3, -0.25) is 0 Å². The van der Waals surface area contributed by atoms with Gasteiger partial charge in [0.15, 0.2) is 0 Å². The number of rotatable bonds is 6. The van der Waals surface area contributed by atoms with Crippen LogP contribution in [0.15, 0.2) is 24.2 Å². The van der Waals surface area contributed by atoms with E-state index < -0.39 is 11.9 Å². The average Bonchev–Trinajstić information content (AvgIpc) is 2.41. The van der Waals surface area contributed by atoms with Gasteiger partial charge in [-0.15, -0.1) is 0 Å². The number of ether oxygens (including phenoxy) is 2. The lowest BCUT2D eigenvalue weighted by molar-refractivity contribution is 0.0458. The Labute approximate surface area is 108 Å². The van der Waals surface area contributed by atoms with Gasteiger partial charge in [0.1, 0.15) is 0 Å². The van der Waals surface area contributed by atoms with Gasteiger partial charge in [0.05, 0.1) is 25.7 Å². The summed E-state index contributed by atoms with van der Waals surface area (Å²) in [5.41, 5.74) is 0.0547. The fraction of sp³-hybridized carbons (Fsp3) is 0.429. The molecule has 0 aromatic heterocycles. The summed E-state index contributed by atoms with van der Waals surface area (Å²) < 4.78 is 17.7. The van der Waals surface area contributed by atoms with Crippen molar-refractivity contribution in [1.29, 1.82) is 0 Å². The fourth-order valence-electron chi connectivity index (χ4n) is 1.32. The molecule has 1 aromatic rings. The predicted molar refractivity (Wildman–Crippen MR) is 67.6 cm³/mol. The molecule has 1 rings (SSSR count). The number of carbonyl (C=O) groups is 2. The lowest BCUT2D eigenvalue weighted by atomic mass is 10.1. The lowest BCUT2D eigenvalue weighted by Crippen LogP contribution is -2.14. The van der Waals surface area contributed by atoms with E-state index in [2.05, 4.69) is 0 Å². The monoisotopic (exact) mass is 251 g/mol. The molecule has 0 amide bonds. The van der Waals surface area contributed by atoms with Crippen LogP contribution in [0.3, 0.4) is 0 Å². The molecule has 0 saturated heterocycles. The minimum Gasteiger partial charge on any atom is -0.462 e. The molecule has 0 saturated carbocycles. The zero-order valence-electron chi connectivity index (χ0n) is 11.7. The highest BCUT2D eigenvalue weighted by Gasteiger charge is 2.18. The van der Waals surface area contributed by atoms with E-state index >= 15 is 0 Å². The summed E-state index contributed by atoms with van der Waals surface area (Å²) in [6.07, 6.45) is 1.38. The summed E-state index contributed by atoms with van der Waals surface area (Å²) in [4.78, 5) is 23.7. The normalized spacial score (nSPS) is 10.7. The van der Waals surface area contributed by atoms with E-state index in [1.54, 1.807) is 6.07 Å². The van der Waals surface area contributed by atoms with Crippen molar-refractivity contribution in [1.82, 2.24) is 0 Å². The number of hydrogen-bond acceptors (Lipinski definition) is 4. The van der Waals surface area contributed by atoms with Gasteiger partial charge in [-0.05, 0) is 25.0 Å². The first kappa shape index (κ1) is 12.6. The fourth-order valence-corrected chi connectivity index (χ4v) is 1.32. The quantitative estimate of drug-likeness (QED) is 0.729. The number of carbonyl (C=O) groups excluding carboxylic acids is 2. The second-order valence-electron chi connectivity index (χ2n) is 3.73. The third kappa shape index (κ3) is 3.87. The first-order valence-electron chi connectivity index (χ1n) is 6.55. The van der Waals surface area contributed by atoms with E-state index in [0.717, 1.165) is 0 Å². The van der Waals surface area contributed by atoms with Gasteiger partial charge < -0.3 is 9.47 Å². The second-order valence-corrected chi connectivity index (χ2v) is 3.73. The molecule has 0 bridgehead atoms. The van der Waals surface area contributed by atoms with Crippen molar-refractivity contribution in [3.63, 3.8) is 0 Å². The molecule has 4 nitrogen and oxygen atoms in total. The molecule has 0 aliphatic carbocycles. The van der Waals surface area contributed by atoms with Gasteiger partial charge in [-0.2, -0.15) is 0 Å². The molecule has 0 heterocycles. The van der Waals surface area contributed by atoms with Crippen molar-refractivity contribution in [2.45, 2.75) is 26.7 Å². The first-order valence-corrected chi connectivity index (χ1v) is 6.05. The third-order valence-corrected chi connectivity index (χ3v) is 2.15. The van der Waals surface area contributed by atoms with Gasteiger partial charge in [0, 0.05) is 0 Å². The van der Waals surface area contributed by atoms with Crippen LogP contribution in [0.4, 0.5) is 0 Å². The molecule has 98 valence electrons. The van der Waals surface area contributed by atoms with Crippen molar-refractivity contribution in [2.24, 2.45) is 0 Å². The summed E-state index contributed by atoms with van der Waals surface area (Å²) in [7, 11) is 0. The molecular weight excluding hydrogens is 232 g/mol. The van der Waals surface area contributed by atoms with Crippen LogP contribution in [-0.2, 0) is 9.47 Å². The standard InChI is InChI=1S/C14H18O4/c1-3-9-17-13(15)11-7-5-6-8-12(11)14(16)18-10-4-2/h5-8H,3-4,9-10H2,1-2H3/i7D. The molecule has 0 atom stereocenters. The topological polar surface area (TPSA) is 52.6 Å². The van der Waals surface area contributed by atoms with Gasteiger partial charge in [-0.1, -0.05) is 26.0 Å². The van der Waals surface area contributed by atoms with Crippen LogP contribution in [0.2, 0.25) is 0 Å². The maximum absolute atomic E-state index is 11.9. The largest absolute Gasteiger partial charge is 0.462 e. The number of hydrogen-bond donors (Lipinski definition) is 0. The van der Waals surface area contributed by atoms with Crippen LogP contribution in [0.5, 0.6) is 0 Å². The Kier molecular flexibility index (Phi) is 5.24. The Morgan fingerprint density at radius 3 is 2.17 bits per heavy atom. The Balaban J connectivity index is 3.01. The van der Waals surface area contributed by atoms with Gasteiger partial charge >= 0.3 is 11.9 Å². The van der Waals surface area contributed by atoms with E-state index in [9.17, 15) is 9.59 Å². The van der Waals surface area contributed by atoms with Gasteiger partial charge in [0.25, 0.3) is 0 Å². The minimum absolute atomic E-state index is 0.0305. The van der Waals surface area contributed by atoms with Crippen LogP contribution < -0.4 is 0 Å². The van der Waals surface area contributed by atoms with Crippen LogP contribution in [-0.4, -0.2) is 25.2 Å². The summed E-state index contributed by atoms with van der Waals surface area (Å²) in [5, 5.41) is 0. The summed E-state index contributed by atoms with van der Waals surface area (Å²) in [6.45, 7) is 4.29. The highest BCUT2D eigenvalue weighted by Crippen LogP contribution is 2.12. The van der Waals surface area contributed by atoms with Crippen LogP contribution in [0.25, 0.3) is 0 Å². The van der Waals surface area contributed by atoms with E-state index in [1.165, 1.54) is 12.1 Å². The van der Waals surface area contributed by atoms with E-state index in [4.69, 9.17) is 10.8 Å². The molecule has 0 unspecified atom stereocenters. The zero-order valence-corrected chi connectivity index (χ0v) is 10.7. The Morgan fingerprint density at radius 2 is 1.61 bits per heavy atom. The molecule has 4 heteroatoms. The molecule has 0 fully saturated rings. The van der Waals surface area contributed by atoms with Crippen molar-refractivity contribution >= 4 is 11.9 Å². The maximum Gasteiger partial charge on any atom is 0.339 e. The maximum atomic E-state index is 11.9. The zero-order chi connectivity index (χ0) is 14.3. The van der Waals surface area contributed by atoms with Crippen molar-refractivity contribution < 1.29 is 20.4 Å². The summed E-state index contributed by atoms with van der Waals surface area (Å²) >= 11 is 0. The molecule has 1 aromatic carbocycles.